The molecule has 0 radical (unpaired) electrons. The fourth-order valence-corrected chi connectivity index (χ4v) is 4.78. The standard InChI is InChI=1S/C19H25N3O5S/c1-13-5-7-15(8-6-13)21-28(25,26)16-9-10-17(18(12-16)22(23)24)20-14(2)19-4-3-11-27-19/h3-4,9-15,20-21H,5-8H2,1-2H3/t13?,14-,15?/m0/s1. The summed E-state index contributed by atoms with van der Waals surface area (Å²) in [5, 5.41) is 14.5. The lowest BCUT2D eigenvalue weighted by molar-refractivity contribution is -0.384. The van der Waals surface area contributed by atoms with Gasteiger partial charge in [0.2, 0.25) is 10.0 Å². The molecule has 0 spiro atoms. The first-order chi connectivity index (χ1) is 13.3. The number of nitrogens with zero attached hydrogens (tertiary/aromatic N) is 1. The van der Waals surface area contributed by atoms with Crippen LogP contribution < -0.4 is 10.0 Å². The average Bonchev–Trinajstić information content (AvgIpc) is 3.18. The Morgan fingerprint density at radius 1 is 1.21 bits per heavy atom. The highest BCUT2D eigenvalue weighted by atomic mass is 32.2. The molecule has 8 nitrogen and oxygen atoms in total. The molecular formula is C19H25N3O5S. The Morgan fingerprint density at radius 3 is 2.54 bits per heavy atom. The van der Waals surface area contributed by atoms with Crippen molar-refractivity contribution >= 4 is 21.4 Å². The highest BCUT2D eigenvalue weighted by molar-refractivity contribution is 7.89. The minimum Gasteiger partial charge on any atom is -0.467 e. The number of benzene rings is 1. The maximum atomic E-state index is 12.7. The van der Waals surface area contributed by atoms with E-state index in [9.17, 15) is 18.5 Å². The number of rotatable bonds is 7. The highest BCUT2D eigenvalue weighted by Gasteiger charge is 2.27. The van der Waals surface area contributed by atoms with E-state index in [4.69, 9.17) is 4.42 Å². The van der Waals surface area contributed by atoms with Crippen molar-refractivity contribution in [3.63, 3.8) is 0 Å². The maximum absolute atomic E-state index is 12.7. The van der Waals surface area contributed by atoms with Crippen molar-refractivity contribution < 1.29 is 17.8 Å². The number of furan rings is 1. The highest BCUT2D eigenvalue weighted by Crippen LogP contribution is 2.31. The van der Waals surface area contributed by atoms with Crippen LogP contribution in [0.4, 0.5) is 11.4 Å². The zero-order valence-corrected chi connectivity index (χ0v) is 16.7. The molecule has 0 amide bonds. The normalized spacial score (nSPS) is 21.2. The number of sulfonamides is 1. The third-order valence-corrected chi connectivity index (χ3v) is 6.67. The first kappa shape index (κ1) is 20.3. The number of nitrogens with one attached hydrogen (secondary N) is 2. The molecule has 0 aliphatic heterocycles. The lowest BCUT2D eigenvalue weighted by Crippen LogP contribution is -2.37. The predicted molar refractivity (Wildman–Crippen MR) is 106 cm³/mol. The third kappa shape index (κ3) is 4.71. The minimum absolute atomic E-state index is 0.103. The number of hydrogen-bond acceptors (Lipinski definition) is 6. The number of anilines is 1. The van der Waals surface area contributed by atoms with Crippen LogP contribution >= 0.6 is 0 Å². The second-order valence-corrected chi connectivity index (χ2v) is 9.11. The predicted octanol–water partition coefficient (Wildman–Crippen LogP) is 4.22. The van der Waals surface area contributed by atoms with E-state index in [1.54, 1.807) is 19.1 Å². The van der Waals surface area contributed by atoms with Gasteiger partial charge in [0.05, 0.1) is 22.1 Å². The van der Waals surface area contributed by atoms with Crippen molar-refractivity contribution in [2.75, 3.05) is 5.32 Å². The summed E-state index contributed by atoms with van der Waals surface area (Å²) < 4.78 is 33.4. The molecule has 1 aromatic heterocycles. The van der Waals surface area contributed by atoms with E-state index in [0.29, 0.717) is 11.7 Å². The van der Waals surface area contributed by atoms with Crippen molar-refractivity contribution in [2.24, 2.45) is 5.92 Å². The van der Waals surface area contributed by atoms with Gasteiger partial charge in [0.1, 0.15) is 11.4 Å². The van der Waals surface area contributed by atoms with Gasteiger partial charge in [-0.2, -0.15) is 0 Å². The van der Waals surface area contributed by atoms with Gasteiger partial charge < -0.3 is 9.73 Å². The Balaban J connectivity index is 1.80. The molecule has 152 valence electrons. The van der Waals surface area contributed by atoms with Gasteiger partial charge in [-0.3, -0.25) is 10.1 Å². The lowest BCUT2D eigenvalue weighted by atomic mass is 9.88. The van der Waals surface area contributed by atoms with Crippen LogP contribution in [0, 0.1) is 16.0 Å². The quantitative estimate of drug-likeness (QED) is 0.525. The van der Waals surface area contributed by atoms with Gasteiger partial charge in [0.15, 0.2) is 0 Å². The Morgan fingerprint density at radius 2 is 1.93 bits per heavy atom. The van der Waals surface area contributed by atoms with E-state index in [-0.39, 0.29) is 28.4 Å². The number of hydrogen-bond donors (Lipinski definition) is 2. The fraction of sp³-hybridized carbons (Fsp3) is 0.474. The zero-order chi connectivity index (χ0) is 20.3. The minimum atomic E-state index is -3.82. The van der Waals surface area contributed by atoms with Crippen LogP contribution in [0.5, 0.6) is 0 Å². The van der Waals surface area contributed by atoms with E-state index >= 15 is 0 Å². The van der Waals surface area contributed by atoms with E-state index < -0.39 is 14.9 Å². The summed E-state index contributed by atoms with van der Waals surface area (Å²) in [4.78, 5) is 10.8. The summed E-state index contributed by atoms with van der Waals surface area (Å²) in [6.45, 7) is 3.96. The van der Waals surface area contributed by atoms with Crippen LogP contribution in [0.3, 0.4) is 0 Å². The molecule has 1 aliphatic carbocycles. The Kier molecular flexibility index (Phi) is 6.04. The van der Waals surface area contributed by atoms with Crippen molar-refractivity contribution in [3.8, 4) is 0 Å². The zero-order valence-electron chi connectivity index (χ0n) is 15.9. The summed E-state index contributed by atoms with van der Waals surface area (Å²) in [6.07, 6.45) is 5.03. The van der Waals surface area contributed by atoms with Crippen molar-refractivity contribution in [2.45, 2.75) is 56.5 Å². The van der Waals surface area contributed by atoms with E-state index in [2.05, 4.69) is 17.0 Å². The van der Waals surface area contributed by atoms with E-state index in [0.717, 1.165) is 31.7 Å². The van der Waals surface area contributed by atoms with Gasteiger partial charge in [-0.05, 0) is 62.8 Å². The molecule has 2 aromatic rings. The van der Waals surface area contributed by atoms with Crippen LogP contribution in [-0.4, -0.2) is 19.4 Å². The molecule has 1 aromatic carbocycles. The molecule has 2 N–H and O–H groups in total. The second-order valence-electron chi connectivity index (χ2n) is 7.40. The van der Waals surface area contributed by atoms with Crippen molar-refractivity contribution in [3.05, 3.63) is 52.5 Å². The Bertz CT molecular complexity index is 919. The summed E-state index contributed by atoms with van der Waals surface area (Å²) in [5.74, 6) is 1.22. The molecule has 0 unspecified atom stereocenters. The van der Waals surface area contributed by atoms with Crippen molar-refractivity contribution in [1.82, 2.24) is 4.72 Å². The summed E-state index contributed by atoms with van der Waals surface area (Å²) in [7, 11) is -3.82. The van der Waals surface area contributed by atoms with Crippen LogP contribution in [0.15, 0.2) is 45.9 Å². The SMILES string of the molecule is CC1CCC(NS(=O)(=O)c2ccc(N[C@@H](C)c3ccco3)c([N+](=O)[O-])c2)CC1. The number of nitro benzene ring substituents is 1. The Hall–Kier alpha value is -2.39. The van der Waals surface area contributed by atoms with Crippen LogP contribution in [0.1, 0.15) is 51.3 Å². The van der Waals surface area contributed by atoms with Crippen LogP contribution in [-0.2, 0) is 10.0 Å². The van der Waals surface area contributed by atoms with Gasteiger partial charge in [-0.1, -0.05) is 6.92 Å². The van der Waals surface area contributed by atoms with Gasteiger partial charge in [0, 0.05) is 12.1 Å². The summed E-state index contributed by atoms with van der Waals surface area (Å²) >= 11 is 0. The molecule has 1 fully saturated rings. The van der Waals surface area contributed by atoms with E-state index in [1.165, 1.54) is 18.4 Å². The van der Waals surface area contributed by atoms with Gasteiger partial charge in [0.25, 0.3) is 5.69 Å². The molecule has 1 saturated carbocycles. The van der Waals surface area contributed by atoms with E-state index in [1.807, 2.05) is 0 Å². The molecular weight excluding hydrogens is 382 g/mol. The fourth-order valence-electron chi connectivity index (χ4n) is 3.46. The molecule has 1 aliphatic rings. The topological polar surface area (TPSA) is 114 Å². The largest absolute Gasteiger partial charge is 0.467 e. The third-order valence-electron chi connectivity index (χ3n) is 5.16. The van der Waals surface area contributed by atoms with Gasteiger partial charge in [-0.15, -0.1) is 0 Å². The van der Waals surface area contributed by atoms with Crippen molar-refractivity contribution in [1.29, 1.82) is 0 Å². The maximum Gasteiger partial charge on any atom is 0.293 e. The monoisotopic (exact) mass is 407 g/mol. The molecule has 1 atom stereocenters. The first-order valence-electron chi connectivity index (χ1n) is 9.37. The first-order valence-corrected chi connectivity index (χ1v) is 10.9. The molecule has 0 bridgehead atoms. The second kappa shape index (κ2) is 8.32. The summed E-state index contributed by atoms with van der Waals surface area (Å²) in [5.41, 5.74) is -0.0575. The smallest absolute Gasteiger partial charge is 0.293 e. The van der Waals surface area contributed by atoms with Crippen LogP contribution in [0.2, 0.25) is 0 Å². The summed E-state index contributed by atoms with van der Waals surface area (Å²) in [6, 6.07) is 6.97. The molecule has 28 heavy (non-hydrogen) atoms. The van der Waals surface area contributed by atoms with Gasteiger partial charge in [-0.25, -0.2) is 13.1 Å². The Labute approximate surface area is 164 Å². The lowest BCUT2D eigenvalue weighted by Gasteiger charge is -2.26. The molecule has 3 rings (SSSR count). The number of nitro groups is 1. The average molecular weight is 407 g/mol. The molecule has 0 saturated heterocycles. The van der Waals surface area contributed by atoms with Crippen LogP contribution in [0.25, 0.3) is 0 Å². The van der Waals surface area contributed by atoms with Gasteiger partial charge >= 0.3 is 0 Å². The molecule has 1 heterocycles. The molecule has 9 heteroatoms.